The Morgan fingerprint density at radius 2 is 1.76 bits per heavy atom. The molecule has 0 atom stereocenters. The summed E-state index contributed by atoms with van der Waals surface area (Å²) in [6.07, 6.45) is 0.969. The first-order valence-corrected chi connectivity index (χ1v) is 7.98. The quantitative estimate of drug-likeness (QED) is 0.709. The molecule has 0 spiro atoms. The molecule has 2 rings (SSSR count). The smallest absolute Gasteiger partial charge is 0.220 e. The van der Waals surface area contributed by atoms with Crippen LogP contribution in [0.25, 0.3) is 0 Å². The van der Waals surface area contributed by atoms with E-state index in [0.29, 0.717) is 43.2 Å². The number of carbonyl (C=O) groups excluding carboxylic acids is 1. The van der Waals surface area contributed by atoms with Crippen LogP contribution in [-0.4, -0.2) is 33.3 Å². The van der Waals surface area contributed by atoms with Gasteiger partial charge in [-0.3, -0.25) is 4.79 Å². The molecule has 0 radical (unpaired) electrons. The minimum absolute atomic E-state index is 0.0579. The first kappa shape index (κ1) is 18.6. The van der Waals surface area contributed by atoms with Crippen molar-refractivity contribution < 1.29 is 23.4 Å². The highest BCUT2D eigenvalue weighted by molar-refractivity contribution is 5.76. The summed E-state index contributed by atoms with van der Waals surface area (Å²) < 4.78 is 28.6. The van der Waals surface area contributed by atoms with Gasteiger partial charge in [0.25, 0.3) is 0 Å². The molecule has 2 aromatic rings. The maximum atomic E-state index is 12.8. The number of benzene rings is 2. The molecule has 1 N–H and O–H groups in total. The van der Waals surface area contributed by atoms with E-state index in [1.807, 2.05) is 18.2 Å². The number of amides is 1. The predicted octanol–water partition coefficient (Wildman–Crippen LogP) is 2.97. The predicted molar refractivity (Wildman–Crippen MR) is 92.8 cm³/mol. The summed E-state index contributed by atoms with van der Waals surface area (Å²) in [5.74, 6) is 1.51. The van der Waals surface area contributed by atoms with Crippen LogP contribution in [0.4, 0.5) is 4.39 Å². The van der Waals surface area contributed by atoms with Gasteiger partial charge in [-0.2, -0.15) is 0 Å². The van der Waals surface area contributed by atoms with Crippen LogP contribution in [0.15, 0.2) is 42.5 Å². The number of carbonyl (C=O) groups is 1. The second kappa shape index (κ2) is 9.52. The van der Waals surface area contributed by atoms with Crippen LogP contribution in [0.3, 0.4) is 0 Å². The first-order chi connectivity index (χ1) is 12.1. The van der Waals surface area contributed by atoms with Crippen LogP contribution in [0, 0.1) is 5.82 Å². The third-order valence-electron chi connectivity index (χ3n) is 3.60. The van der Waals surface area contributed by atoms with Crippen LogP contribution in [0.2, 0.25) is 0 Å². The zero-order valence-electron chi connectivity index (χ0n) is 14.4. The number of methoxy groups -OCH3 is 2. The molecule has 0 aliphatic heterocycles. The molecule has 25 heavy (non-hydrogen) atoms. The molecule has 0 aromatic heterocycles. The Hall–Kier alpha value is -2.76. The van der Waals surface area contributed by atoms with Gasteiger partial charge in [-0.1, -0.05) is 6.07 Å². The van der Waals surface area contributed by atoms with Gasteiger partial charge in [0.2, 0.25) is 5.91 Å². The van der Waals surface area contributed by atoms with Crippen molar-refractivity contribution in [1.82, 2.24) is 5.32 Å². The summed E-state index contributed by atoms with van der Waals surface area (Å²) >= 11 is 0. The average Bonchev–Trinajstić information content (AvgIpc) is 2.64. The third-order valence-corrected chi connectivity index (χ3v) is 3.60. The molecule has 0 fully saturated rings. The highest BCUT2D eigenvalue weighted by Gasteiger charge is 2.07. The number of nitrogens with one attached hydrogen (secondary N) is 1. The van der Waals surface area contributed by atoms with Gasteiger partial charge in [0.05, 0.1) is 20.8 Å². The van der Waals surface area contributed by atoms with Crippen molar-refractivity contribution >= 4 is 5.91 Å². The minimum atomic E-state index is -0.309. The van der Waals surface area contributed by atoms with Gasteiger partial charge in [0, 0.05) is 6.42 Å². The topological polar surface area (TPSA) is 56.8 Å². The van der Waals surface area contributed by atoms with Crippen molar-refractivity contribution in [1.29, 1.82) is 0 Å². The number of aryl methyl sites for hydroxylation is 1. The maximum absolute atomic E-state index is 12.8. The molecule has 0 saturated carbocycles. The Kier molecular flexibility index (Phi) is 7.07. The van der Waals surface area contributed by atoms with E-state index < -0.39 is 0 Å². The lowest BCUT2D eigenvalue weighted by Gasteiger charge is -2.10. The van der Waals surface area contributed by atoms with Crippen LogP contribution >= 0.6 is 0 Å². The summed E-state index contributed by atoms with van der Waals surface area (Å²) in [6.45, 7) is 0.718. The lowest BCUT2D eigenvalue weighted by atomic mass is 10.1. The Labute approximate surface area is 146 Å². The van der Waals surface area contributed by atoms with E-state index in [4.69, 9.17) is 14.2 Å². The molecule has 0 heterocycles. The largest absolute Gasteiger partial charge is 0.493 e. The number of hydrogen-bond donors (Lipinski definition) is 1. The summed E-state index contributed by atoms with van der Waals surface area (Å²) in [7, 11) is 3.16. The Balaban J connectivity index is 1.69. The summed E-state index contributed by atoms with van der Waals surface area (Å²) in [5.41, 5.74) is 0.996. The van der Waals surface area contributed by atoms with Crippen molar-refractivity contribution in [2.45, 2.75) is 12.8 Å². The van der Waals surface area contributed by atoms with Crippen LogP contribution in [0.1, 0.15) is 12.0 Å². The second-order valence-corrected chi connectivity index (χ2v) is 5.34. The fraction of sp³-hybridized carbons (Fsp3) is 0.316. The Morgan fingerprint density at radius 3 is 2.44 bits per heavy atom. The molecule has 6 heteroatoms. The van der Waals surface area contributed by atoms with Crippen molar-refractivity contribution in [2.24, 2.45) is 0 Å². The third kappa shape index (κ3) is 5.99. The van der Waals surface area contributed by atoms with Crippen LogP contribution < -0.4 is 19.5 Å². The van der Waals surface area contributed by atoms with E-state index in [1.54, 1.807) is 26.4 Å². The second-order valence-electron chi connectivity index (χ2n) is 5.34. The zero-order chi connectivity index (χ0) is 18.1. The molecule has 134 valence electrons. The molecular formula is C19H22FNO4. The van der Waals surface area contributed by atoms with Crippen molar-refractivity contribution in [3.05, 3.63) is 53.8 Å². The molecule has 0 aliphatic carbocycles. The average molecular weight is 347 g/mol. The molecule has 2 aromatic carbocycles. The Morgan fingerprint density at radius 1 is 1.04 bits per heavy atom. The fourth-order valence-electron chi connectivity index (χ4n) is 2.27. The lowest BCUT2D eigenvalue weighted by Crippen LogP contribution is -2.28. The molecule has 0 unspecified atom stereocenters. The minimum Gasteiger partial charge on any atom is -0.493 e. The first-order valence-electron chi connectivity index (χ1n) is 7.98. The SMILES string of the molecule is COc1ccc(CCC(=O)NCCOc2ccc(F)cc2)cc1OC. The van der Waals surface area contributed by atoms with Gasteiger partial charge in [-0.25, -0.2) is 4.39 Å². The monoisotopic (exact) mass is 347 g/mol. The Bertz CT molecular complexity index is 688. The lowest BCUT2D eigenvalue weighted by molar-refractivity contribution is -0.121. The van der Waals surface area contributed by atoms with Gasteiger partial charge >= 0.3 is 0 Å². The zero-order valence-corrected chi connectivity index (χ0v) is 14.4. The number of ether oxygens (including phenoxy) is 3. The van der Waals surface area contributed by atoms with E-state index >= 15 is 0 Å². The number of halogens is 1. The van der Waals surface area contributed by atoms with Gasteiger partial charge < -0.3 is 19.5 Å². The summed E-state index contributed by atoms with van der Waals surface area (Å²) in [4.78, 5) is 11.9. The van der Waals surface area contributed by atoms with Gasteiger partial charge in [0.15, 0.2) is 11.5 Å². The van der Waals surface area contributed by atoms with E-state index in [9.17, 15) is 9.18 Å². The highest BCUT2D eigenvalue weighted by Crippen LogP contribution is 2.27. The molecular weight excluding hydrogens is 325 g/mol. The number of rotatable bonds is 9. The van der Waals surface area contributed by atoms with Gasteiger partial charge in [-0.15, -0.1) is 0 Å². The van der Waals surface area contributed by atoms with Crippen molar-refractivity contribution in [2.75, 3.05) is 27.4 Å². The van der Waals surface area contributed by atoms with Crippen molar-refractivity contribution in [3.8, 4) is 17.2 Å². The molecule has 5 nitrogen and oxygen atoms in total. The molecule has 1 amide bonds. The molecule has 0 bridgehead atoms. The van der Waals surface area contributed by atoms with E-state index in [-0.39, 0.29) is 11.7 Å². The van der Waals surface area contributed by atoms with Crippen molar-refractivity contribution in [3.63, 3.8) is 0 Å². The summed E-state index contributed by atoms with van der Waals surface area (Å²) in [6, 6.07) is 11.4. The highest BCUT2D eigenvalue weighted by atomic mass is 19.1. The summed E-state index contributed by atoms with van der Waals surface area (Å²) in [5, 5.41) is 2.79. The molecule has 0 aliphatic rings. The standard InChI is InChI=1S/C19H22FNO4/c1-23-17-9-3-14(13-18(17)24-2)4-10-19(22)21-11-12-25-16-7-5-15(20)6-8-16/h3,5-9,13H,4,10-12H2,1-2H3,(H,21,22). The van der Waals surface area contributed by atoms with E-state index in [2.05, 4.69) is 5.32 Å². The van der Waals surface area contributed by atoms with Crippen LogP contribution in [-0.2, 0) is 11.2 Å². The van der Waals surface area contributed by atoms with Gasteiger partial charge in [0.1, 0.15) is 18.2 Å². The number of hydrogen-bond acceptors (Lipinski definition) is 4. The molecule has 0 saturated heterocycles. The van der Waals surface area contributed by atoms with E-state index in [0.717, 1.165) is 5.56 Å². The van der Waals surface area contributed by atoms with Gasteiger partial charge in [-0.05, 0) is 48.4 Å². The fourth-order valence-corrected chi connectivity index (χ4v) is 2.27. The van der Waals surface area contributed by atoms with E-state index in [1.165, 1.54) is 12.1 Å². The maximum Gasteiger partial charge on any atom is 0.220 e. The normalized spacial score (nSPS) is 10.2. The van der Waals surface area contributed by atoms with Crippen LogP contribution in [0.5, 0.6) is 17.2 Å².